The maximum absolute atomic E-state index is 13.0. The smallest absolute Gasteiger partial charge is 0.475 e. The molecule has 0 aromatic carbocycles. The second kappa shape index (κ2) is 9.38. The van der Waals surface area contributed by atoms with Gasteiger partial charge in [-0.05, 0) is 25.3 Å². The number of hydrogen-bond donors (Lipinski definition) is 1. The highest BCUT2D eigenvalue weighted by Gasteiger charge is 2.46. The van der Waals surface area contributed by atoms with Crippen molar-refractivity contribution in [2.75, 3.05) is 13.2 Å². The average Bonchev–Trinajstić information content (AvgIpc) is 3.30. The Bertz CT molecular complexity index is 979. The van der Waals surface area contributed by atoms with Gasteiger partial charge in [-0.1, -0.05) is 11.2 Å². The topological polar surface area (TPSA) is 115 Å². The molecule has 0 radical (unpaired) electrons. The molecule has 12 heteroatoms. The minimum Gasteiger partial charge on any atom is -0.475 e. The summed E-state index contributed by atoms with van der Waals surface area (Å²) >= 11 is 0. The van der Waals surface area contributed by atoms with Gasteiger partial charge in [0.05, 0.1) is 6.04 Å². The fourth-order valence-corrected chi connectivity index (χ4v) is 3.93. The number of halogens is 3. The van der Waals surface area contributed by atoms with Gasteiger partial charge in [0, 0.05) is 43.8 Å². The number of aromatic nitrogens is 2. The molecule has 178 valence electrons. The SMILES string of the molecule is O=C(O)C(F)(F)F.O=C(c1cc(C2CC2)on1)N1CC[C@@H](Oc2ccccn2)[C@H]2OCC[C@@H]21. The third-order valence-corrected chi connectivity index (χ3v) is 5.66. The van der Waals surface area contributed by atoms with Crippen molar-refractivity contribution in [2.24, 2.45) is 0 Å². The summed E-state index contributed by atoms with van der Waals surface area (Å²) in [4.78, 5) is 28.0. The van der Waals surface area contributed by atoms with Gasteiger partial charge in [0.15, 0.2) is 5.69 Å². The van der Waals surface area contributed by atoms with Crippen molar-refractivity contribution in [2.45, 2.75) is 56.0 Å². The molecular formula is C21H22F3N3O6. The highest BCUT2D eigenvalue weighted by molar-refractivity contribution is 5.92. The highest BCUT2D eigenvalue weighted by Crippen LogP contribution is 2.40. The van der Waals surface area contributed by atoms with Gasteiger partial charge >= 0.3 is 12.1 Å². The zero-order chi connectivity index (χ0) is 23.6. The lowest BCUT2D eigenvalue weighted by molar-refractivity contribution is -0.192. The first-order valence-corrected chi connectivity index (χ1v) is 10.5. The van der Waals surface area contributed by atoms with Gasteiger partial charge in [0.2, 0.25) is 5.88 Å². The number of aliphatic carboxylic acids is 1. The molecule has 1 saturated carbocycles. The molecule has 1 amide bonds. The molecule has 3 aliphatic rings. The summed E-state index contributed by atoms with van der Waals surface area (Å²) < 4.78 is 49.0. The lowest BCUT2D eigenvalue weighted by Gasteiger charge is -2.40. The first kappa shape index (κ1) is 23.0. The number of rotatable bonds is 4. The number of ether oxygens (including phenoxy) is 2. The Labute approximate surface area is 186 Å². The van der Waals surface area contributed by atoms with Crippen molar-refractivity contribution in [3.05, 3.63) is 41.9 Å². The van der Waals surface area contributed by atoms with Crippen LogP contribution in [0, 0.1) is 0 Å². The van der Waals surface area contributed by atoms with E-state index in [1.165, 1.54) is 0 Å². The van der Waals surface area contributed by atoms with Crippen LogP contribution in [-0.4, -0.2) is 69.6 Å². The number of amides is 1. The molecule has 0 spiro atoms. The minimum atomic E-state index is -5.08. The summed E-state index contributed by atoms with van der Waals surface area (Å²) in [5, 5.41) is 11.1. The van der Waals surface area contributed by atoms with E-state index in [1.54, 1.807) is 12.3 Å². The number of carboxylic acid groups (broad SMARTS) is 1. The van der Waals surface area contributed by atoms with Crippen molar-refractivity contribution in [3.8, 4) is 5.88 Å². The van der Waals surface area contributed by atoms with Crippen LogP contribution in [0.3, 0.4) is 0 Å². The van der Waals surface area contributed by atoms with Gasteiger partial charge in [-0.15, -0.1) is 0 Å². The number of carbonyl (C=O) groups is 2. The van der Waals surface area contributed by atoms with E-state index in [2.05, 4.69) is 10.1 Å². The zero-order valence-corrected chi connectivity index (χ0v) is 17.4. The van der Waals surface area contributed by atoms with Gasteiger partial charge in [-0.3, -0.25) is 4.79 Å². The van der Waals surface area contributed by atoms with Gasteiger partial charge < -0.3 is 24.0 Å². The van der Waals surface area contributed by atoms with Crippen LogP contribution in [0.1, 0.15) is 47.8 Å². The number of alkyl halides is 3. The molecular weight excluding hydrogens is 447 g/mol. The molecule has 2 saturated heterocycles. The molecule has 2 aliphatic heterocycles. The summed E-state index contributed by atoms with van der Waals surface area (Å²) in [5.74, 6) is -0.952. The average molecular weight is 469 g/mol. The fraction of sp³-hybridized carbons (Fsp3) is 0.524. The number of carbonyl (C=O) groups excluding carboxylic acids is 1. The summed E-state index contributed by atoms with van der Waals surface area (Å²) in [6.07, 6.45) is 0.159. The number of carboxylic acids is 1. The molecule has 3 atom stereocenters. The maximum Gasteiger partial charge on any atom is 0.490 e. The Hall–Kier alpha value is -3.15. The number of pyridine rings is 1. The van der Waals surface area contributed by atoms with Crippen LogP contribution in [0.4, 0.5) is 13.2 Å². The van der Waals surface area contributed by atoms with Crippen LogP contribution >= 0.6 is 0 Å². The molecule has 0 bridgehead atoms. The maximum atomic E-state index is 13.0. The van der Waals surface area contributed by atoms with Crippen LogP contribution in [0.15, 0.2) is 35.0 Å². The Morgan fingerprint density at radius 2 is 1.94 bits per heavy atom. The highest BCUT2D eigenvalue weighted by atomic mass is 19.4. The molecule has 3 fully saturated rings. The van der Waals surface area contributed by atoms with E-state index in [-0.39, 0.29) is 24.2 Å². The molecule has 1 N–H and O–H groups in total. The molecule has 0 unspecified atom stereocenters. The molecule has 2 aromatic rings. The third-order valence-electron chi connectivity index (χ3n) is 5.66. The van der Waals surface area contributed by atoms with Gasteiger partial charge in [0.1, 0.15) is 18.0 Å². The van der Waals surface area contributed by atoms with Gasteiger partial charge in [0.25, 0.3) is 5.91 Å². The van der Waals surface area contributed by atoms with Crippen LogP contribution in [0.5, 0.6) is 5.88 Å². The molecule has 9 nitrogen and oxygen atoms in total. The molecule has 2 aromatic heterocycles. The van der Waals surface area contributed by atoms with E-state index in [4.69, 9.17) is 23.9 Å². The molecule has 5 rings (SSSR count). The van der Waals surface area contributed by atoms with Crippen molar-refractivity contribution >= 4 is 11.9 Å². The second-order valence-corrected chi connectivity index (χ2v) is 7.99. The van der Waals surface area contributed by atoms with E-state index in [9.17, 15) is 18.0 Å². The Morgan fingerprint density at radius 1 is 1.18 bits per heavy atom. The number of piperidine rings is 1. The quantitative estimate of drug-likeness (QED) is 0.727. The Balaban J connectivity index is 0.000000325. The van der Waals surface area contributed by atoms with Crippen LogP contribution < -0.4 is 4.74 Å². The van der Waals surface area contributed by atoms with Crippen LogP contribution in [0.25, 0.3) is 0 Å². The van der Waals surface area contributed by atoms with Crippen LogP contribution in [-0.2, 0) is 9.53 Å². The van der Waals surface area contributed by atoms with Gasteiger partial charge in [-0.25, -0.2) is 9.78 Å². The summed E-state index contributed by atoms with van der Waals surface area (Å²) in [6, 6.07) is 7.41. The summed E-state index contributed by atoms with van der Waals surface area (Å²) in [5.41, 5.74) is 0.404. The predicted molar refractivity (Wildman–Crippen MR) is 105 cm³/mol. The monoisotopic (exact) mass is 469 g/mol. The van der Waals surface area contributed by atoms with Crippen LogP contribution in [0.2, 0.25) is 0 Å². The molecule has 1 aliphatic carbocycles. The van der Waals surface area contributed by atoms with Gasteiger partial charge in [-0.2, -0.15) is 13.2 Å². The van der Waals surface area contributed by atoms with Crippen molar-refractivity contribution in [1.29, 1.82) is 0 Å². The normalized spacial score (nSPS) is 24.5. The Kier molecular flexibility index (Phi) is 6.54. The van der Waals surface area contributed by atoms with E-state index in [1.807, 2.05) is 23.1 Å². The third kappa shape index (κ3) is 5.44. The first-order chi connectivity index (χ1) is 15.7. The summed E-state index contributed by atoms with van der Waals surface area (Å²) in [6.45, 7) is 1.25. The Morgan fingerprint density at radius 3 is 2.58 bits per heavy atom. The largest absolute Gasteiger partial charge is 0.490 e. The number of fused-ring (bicyclic) bond motifs is 1. The standard InChI is InChI=1S/C19H21N3O4.C2HF3O2/c23-19(13-11-16(26-21-13)12-4-5-12)22-9-6-15(18-14(22)7-10-24-18)25-17-3-1-2-8-20-17;3-2(4,5)1(6)7/h1-3,8,11-12,14-15,18H,4-7,9-10H2;(H,6,7)/t14-,15+,18-;/m0./s1. The summed E-state index contributed by atoms with van der Waals surface area (Å²) in [7, 11) is 0. The van der Waals surface area contributed by atoms with E-state index >= 15 is 0 Å². The predicted octanol–water partition coefficient (Wildman–Crippen LogP) is 3.03. The van der Waals surface area contributed by atoms with Crippen molar-refractivity contribution in [3.63, 3.8) is 0 Å². The van der Waals surface area contributed by atoms with Crippen molar-refractivity contribution in [1.82, 2.24) is 15.0 Å². The lowest BCUT2D eigenvalue weighted by atomic mass is 9.95. The van der Waals surface area contributed by atoms with E-state index in [0.717, 1.165) is 25.0 Å². The fourth-order valence-electron chi connectivity index (χ4n) is 3.93. The first-order valence-electron chi connectivity index (χ1n) is 10.5. The number of hydrogen-bond acceptors (Lipinski definition) is 7. The zero-order valence-electron chi connectivity index (χ0n) is 17.4. The minimum absolute atomic E-state index is 0.00559. The molecule has 33 heavy (non-hydrogen) atoms. The second-order valence-electron chi connectivity index (χ2n) is 7.99. The van der Waals surface area contributed by atoms with E-state index < -0.39 is 12.1 Å². The van der Waals surface area contributed by atoms with Crippen molar-refractivity contribution < 1.29 is 41.9 Å². The lowest BCUT2D eigenvalue weighted by Crippen LogP contribution is -2.56. The van der Waals surface area contributed by atoms with E-state index in [0.29, 0.717) is 37.1 Å². The number of likely N-dealkylation sites (tertiary alicyclic amines) is 1. The molecule has 4 heterocycles. The number of nitrogens with zero attached hydrogens (tertiary/aromatic N) is 3.